The number of ether oxygens (including phenoxy) is 3. The van der Waals surface area contributed by atoms with Crippen molar-refractivity contribution in [3.05, 3.63) is 29.8 Å². The first kappa shape index (κ1) is 15.4. The summed E-state index contributed by atoms with van der Waals surface area (Å²) >= 11 is 0. The maximum Gasteiger partial charge on any atom is 0.411 e. The summed E-state index contributed by atoms with van der Waals surface area (Å²) in [5.74, 6) is 0. The van der Waals surface area contributed by atoms with E-state index in [1.807, 2.05) is 12.1 Å². The minimum Gasteiger partial charge on any atom is -0.447 e. The van der Waals surface area contributed by atoms with Crippen LogP contribution in [0.15, 0.2) is 24.3 Å². The van der Waals surface area contributed by atoms with Crippen LogP contribution in [0.3, 0.4) is 0 Å². The maximum absolute atomic E-state index is 11.4. The van der Waals surface area contributed by atoms with Crippen LogP contribution in [-0.2, 0) is 20.8 Å². The molecule has 6 nitrogen and oxygen atoms in total. The number of rotatable bonds is 8. The molecule has 1 aromatic carbocycles. The quantitative estimate of drug-likeness (QED) is 0.695. The fourth-order valence-electron chi connectivity index (χ4n) is 1.32. The number of benzene rings is 1. The van der Waals surface area contributed by atoms with E-state index in [-0.39, 0.29) is 6.61 Å². The van der Waals surface area contributed by atoms with Crippen LogP contribution in [-0.4, -0.2) is 39.6 Å². The zero-order valence-corrected chi connectivity index (χ0v) is 11.1. The first-order chi connectivity index (χ1) is 9.26. The van der Waals surface area contributed by atoms with E-state index in [2.05, 4.69) is 5.32 Å². The molecule has 19 heavy (non-hydrogen) atoms. The number of nitrogens with one attached hydrogen (secondary N) is 1. The van der Waals surface area contributed by atoms with Crippen LogP contribution in [0, 0.1) is 0 Å². The molecule has 1 amide bonds. The van der Waals surface area contributed by atoms with Crippen molar-refractivity contribution < 1.29 is 19.0 Å². The molecule has 6 heteroatoms. The van der Waals surface area contributed by atoms with Crippen molar-refractivity contribution in [1.82, 2.24) is 0 Å². The van der Waals surface area contributed by atoms with E-state index < -0.39 is 6.09 Å². The average molecular weight is 268 g/mol. The van der Waals surface area contributed by atoms with Gasteiger partial charge in [-0.3, -0.25) is 5.32 Å². The molecule has 0 spiro atoms. The van der Waals surface area contributed by atoms with Crippen molar-refractivity contribution in [2.24, 2.45) is 5.73 Å². The Morgan fingerprint density at radius 3 is 2.47 bits per heavy atom. The van der Waals surface area contributed by atoms with Gasteiger partial charge in [0.15, 0.2) is 0 Å². The molecule has 0 radical (unpaired) electrons. The lowest BCUT2D eigenvalue weighted by Gasteiger charge is -2.08. The molecular weight excluding hydrogens is 248 g/mol. The van der Waals surface area contributed by atoms with Gasteiger partial charge in [-0.25, -0.2) is 4.79 Å². The van der Waals surface area contributed by atoms with Crippen molar-refractivity contribution in [1.29, 1.82) is 0 Å². The topological polar surface area (TPSA) is 82.8 Å². The maximum atomic E-state index is 11.4. The Labute approximate surface area is 112 Å². The standard InChI is InChI=1S/C13H20N2O4/c1-17-6-7-18-8-9-19-13(16)15-12-4-2-11(10-14)3-5-12/h2-5H,6-10,14H2,1H3,(H,15,16). The predicted octanol–water partition coefficient (Wildman–Crippen LogP) is 1.36. The van der Waals surface area contributed by atoms with Crippen molar-refractivity contribution >= 4 is 11.8 Å². The minimum absolute atomic E-state index is 0.205. The van der Waals surface area contributed by atoms with Gasteiger partial charge in [-0.05, 0) is 17.7 Å². The Kier molecular flexibility index (Phi) is 7.57. The monoisotopic (exact) mass is 268 g/mol. The van der Waals surface area contributed by atoms with Gasteiger partial charge < -0.3 is 19.9 Å². The van der Waals surface area contributed by atoms with Gasteiger partial charge in [0.1, 0.15) is 6.61 Å². The van der Waals surface area contributed by atoms with E-state index in [0.29, 0.717) is 32.1 Å². The molecule has 0 bridgehead atoms. The SMILES string of the molecule is COCCOCCOC(=O)Nc1ccc(CN)cc1. The van der Waals surface area contributed by atoms with Crippen LogP contribution < -0.4 is 11.1 Å². The van der Waals surface area contributed by atoms with Crippen molar-refractivity contribution in [3.63, 3.8) is 0 Å². The van der Waals surface area contributed by atoms with Crippen molar-refractivity contribution in [3.8, 4) is 0 Å². The lowest BCUT2D eigenvalue weighted by atomic mass is 10.2. The Bertz CT molecular complexity index is 367. The van der Waals surface area contributed by atoms with E-state index in [9.17, 15) is 4.79 Å². The van der Waals surface area contributed by atoms with Gasteiger partial charge in [-0.1, -0.05) is 12.1 Å². The number of amides is 1. The Morgan fingerprint density at radius 1 is 1.16 bits per heavy atom. The molecule has 0 saturated carbocycles. The molecule has 0 aliphatic heterocycles. The smallest absolute Gasteiger partial charge is 0.411 e. The fourth-order valence-corrected chi connectivity index (χ4v) is 1.32. The van der Waals surface area contributed by atoms with Gasteiger partial charge in [0.05, 0.1) is 19.8 Å². The molecule has 0 unspecified atom stereocenters. The highest BCUT2D eigenvalue weighted by Gasteiger charge is 2.02. The molecular formula is C13H20N2O4. The minimum atomic E-state index is -0.504. The highest BCUT2D eigenvalue weighted by Crippen LogP contribution is 2.09. The number of methoxy groups -OCH3 is 1. The van der Waals surface area contributed by atoms with E-state index in [0.717, 1.165) is 5.56 Å². The Morgan fingerprint density at radius 2 is 1.84 bits per heavy atom. The third kappa shape index (κ3) is 6.76. The van der Waals surface area contributed by atoms with E-state index in [4.69, 9.17) is 19.9 Å². The van der Waals surface area contributed by atoms with E-state index in [1.54, 1.807) is 19.2 Å². The van der Waals surface area contributed by atoms with Crippen molar-refractivity contribution in [2.45, 2.75) is 6.54 Å². The van der Waals surface area contributed by atoms with Crippen LogP contribution in [0.1, 0.15) is 5.56 Å². The number of carbonyl (C=O) groups excluding carboxylic acids is 1. The molecule has 1 rings (SSSR count). The largest absolute Gasteiger partial charge is 0.447 e. The van der Waals surface area contributed by atoms with Crippen LogP contribution in [0.5, 0.6) is 0 Å². The third-order valence-electron chi connectivity index (χ3n) is 2.33. The summed E-state index contributed by atoms with van der Waals surface area (Å²) in [6.45, 7) is 2.05. The summed E-state index contributed by atoms with van der Waals surface area (Å²) in [6.07, 6.45) is -0.504. The highest BCUT2D eigenvalue weighted by atomic mass is 16.6. The van der Waals surface area contributed by atoms with E-state index in [1.165, 1.54) is 0 Å². The number of nitrogens with two attached hydrogens (primary N) is 1. The van der Waals surface area contributed by atoms with Crippen LogP contribution in [0.25, 0.3) is 0 Å². The van der Waals surface area contributed by atoms with Crippen molar-refractivity contribution in [2.75, 3.05) is 38.9 Å². The third-order valence-corrected chi connectivity index (χ3v) is 2.33. The van der Waals surface area contributed by atoms with Gasteiger partial charge >= 0.3 is 6.09 Å². The molecule has 0 aromatic heterocycles. The second-order valence-corrected chi connectivity index (χ2v) is 3.77. The molecule has 0 heterocycles. The second-order valence-electron chi connectivity index (χ2n) is 3.77. The Hall–Kier alpha value is -1.63. The van der Waals surface area contributed by atoms with Gasteiger partial charge in [0.2, 0.25) is 0 Å². The molecule has 3 N–H and O–H groups in total. The zero-order chi connectivity index (χ0) is 13.9. The molecule has 0 fully saturated rings. The number of carbonyl (C=O) groups is 1. The zero-order valence-electron chi connectivity index (χ0n) is 11.1. The van der Waals surface area contributed by atoms with Gasteiger partial charge in [-0.15, -0.1) is 0 Å². The number of anilines is 1. The fraction of sp³-hybridized carbons (Fsp3) is 0.462. The summed E-state index contributed by atoms with van der Waals surface area (Å²) in [7, 11) is 1.60. The molecule has 0 atom stereocenters. The van der Waals surface area contributed by atoms with Gasteiger partial charge in [0, 0.05) is 19.3 Å². The van der Waals surface area contributed by atoms with Crippen LogP contribution in [0.4, 0.5) is 10.5 Å². The average Bonchev–Trinajstić information content (AvgIpc) is 2.43. The highest BCUT2D eigenvalue weighted by molar-refractivity contribution is 5.84. The van der Waals surface area contributed by atoms with Crippen LogP contribution in [0.2, 0.25) is 0 Å². The predicted molar refractivity (Wildman–Crippen MR) is 72.0 cm³/mol. The number of hydrogen-bond acceptors (Lipinski definition) is 5. The summed E-state index contributed by atoms with van der Waals surface area (Å²) in [6, 6.07) is 7.25. The second kappa shape index (κ2) is 9.32. The summed E-state index contributed by atoms with van der Waals surface area (Å²) in [4.78, 5) is 11.4. The normalized spacial score (nSPS) is 10.2. The first-order valence-electron chi connectivity index (χ1n) is 6.05. The molecule has 106 valence electrons. The summed E-state index contributed by atoms with van der Waals surface area (Å²) < 4.78 is 14.9. The first-order valence-corrected chi connectivity index (χ1v) is 6.05. The Balaban J connectivity index is 2.16. The van der Waals surface area contributed by atoms with Gasteiger partial charge in [-0.2, -0.15) is 0 Å². The molecule has 1 aromatic rings. The summed E-state index contributed by atoms with van der Waals surface area (Å²) in [5.41, 5.74) is 7.16. The summed E-state index contributed by atoms with van der Waals surface area (Å²) in [5, 5.41) is 2.61. The lowest BCUT2D eigenvalue weighted by Crippen LogP contribution is -2.17. The molecule has 0 saturated heterocycles. The number of hydrogen-bond donors (Lipinski definition) is 2. The van der Waals surface area contributed by atoms with Crippen LogP contribution >= 0.6 is 0 Å². The van der Waals surface area contributed by atoms with Gasteiger partial charge in [0.25, 0.3) is 0 Å². The lowest BCUT2D eigenvalue weighted by molar-refractivity contribution is 0.0447. The molecule has 0 aliphatic rings. The molecule has 0 aliphatic carbocycles. The van der Waals surface area contributed by atoms with E-state index >= 15 is 0 Å².